The van der Waals surface area contributed by atoms with E-state index in [-0.39, 0.29) is 0 Å². The zero-order valence-electron chi connectivity index (χ0n) is 12.0. The molecule has 0 aliphatic carbocycles. The van der Waals surface area contributed by atoms with Crippen LogP contribution in [0.3, 0.4) is 0 Å². The first-order valence-corrected chi connectivity index (χ1v) is 6.90. The predicted octanol–water partition coefficient (Wildman–Crippen LogP) is 2.46. The van der Waals surface area contributed by atoms with E-state index in [2.05, 4.69) is 53.0 Å². The highest BCUT2D eigenvalue weighted by atomic mass is 15.3. The summed E-state index contributed by atoms with van der Waals surface area (Å²) in [5, 5.41) is 8.04. The van der Waals surface area contributed by atoms with Gasteiger partial charge in [-0.2, -0.15) is 5.10 Å². The van der Waals surface area contributed by atoms with Crippen LogP contribution < -0.4 is 5.32 Å². The van der Waals surface area contributed by atoms with Gasteiger partial charge in [0.15, 0.2) is 0 Å². The second-order valence-electron chi connectivity index (χ2n) is 4.70. The summed E-state index contributed by atoms with van der Waals surface area (Å²) in [6, 6.07) is 4.26. The molecule has 1 N–H and O–H groups in total. The van der Waals surface area contributed by atoms with E-state index < -0.39 is 0 Å². The average Bonchev–Trinajstić information content (AvgIpc) is 2.83. The third kappa shape index (κ3) is 3.41. The van der Waals surface area contributed by atoms with Gasteiger partial charge in [0.1, 0.15) is 0 Å². The van der Waals surface area contributed by atoms with Crippen molar-refractivity contribution < 1.29 is 0 Å². The highest BCUT2D eigenvalue weighted by Crippen LogP contribution is 2.07. The highest BCUT2D eigenvalue weighted by molar-refractivity contribution is 5.21. The maximum Gasteiger partial charge on any atom is 0.0625 e. The van der Waals surface area contributed by atoms with Gasteiger partial charge in [0.2, 0.25) is 0 Å². The van der Waals surface area contributed by atoms with Gasteiger partial charge >= 0.3 is 0 Å². The number of nitrogens with zero attached hydrogens (tertiary/aromatic N) is 3. The third-order valence-corrected chi connectivity index (χ3v) is 3.33. The molecule has 102 valence electrons. The van der Waals surface area contributed by atoms with Crippen molar-refractivity contribution >= 4 is 0 Å². The van der Waals surface area contributed by atoms with Crippen molar-refractivity contribution in [3.63, 3.8) is 0 Å². The zero-order valence-corrected chi connectivity index (χ0v) is 12.0. The van der Waals surface area contributed by atoms with E-state index in [0.717, 1.165) is 26.1 Å². The summed E-state index contributed by atoms with van der Waals surface area (Å²) in [6.45, 7) is 9.00. The highest BCUT2D eigenvalue weighted by Gasteiger charge is 2.05. The van der Waals surface area contributed by atoms with Gasteiger partial charge in [0, 0.05) is 32.0 Å². The quantitative estimate of drug-likeness (QED) is 0.865. The Kier molecular flexibility index (Phi) is 4.68. The van der Waals surface area contributed by atoms with Gasteiger partial charge in [-0.25, -0.2) is 0 Å². The van der Waals surface area contributed by atoms with Gasteiger partial charge in [0.05, 0.1) is 11.4 Å². The molecule has 0 atom stereocenters. The van der Waals surface area contributed by atoms with Crippen LogP contribution >= 0.6 is 0 Å². The fourth-order valence-electron chi connectivity index (χ4n) is 2.13. The standard InChI is InChI=1S/C15H22N4/c1-4-14-8-15(19(5-2)18-14)11-17-10-13-6-7-16-9-12(13)3/h6-9,17H,4-5,10-11H2,1-3H3. The summed E-state index contributed by atoms with van der Waals surface area (Å²) in [5.41, 5.74) is 4.95. The first kappa shape index (κ1) is 13.7. The molecule has 4 heteroatoms. The van der Waals surface area contributed by atoms with Crippen molar-refractivity contribution in [3.05, 3.63) is 47.0 Å². The van der Waals surface area contributed by atoms with Crippen molar-refractivity contribution in [2.24, 2.45) is 0 Å². The van der Waals surface area contributed by atoms with Crippen LogP contribution in [0.1, 0.15) is 36.4 Å². The monoisotopic (exact) mass is 258 g/mol. The third-order valence-electron chi connectivity index (χ3n) is 3.33. The summed E-state index contributed by atoms with van der Waals surface area (Å²) >= 11 is 0. The molecule has 0 spiro atoms. The molecule has 2 aromatic heterocycles. The summed E-state index contributed by atoms with van der Waals surface area (Å²) in [7, 11) is 0. The molecule has 0 fully saturated rings. The lowest BCUT2D eigenvalue weighted by Crippen LogP contribution is -2.16. The Morgan fingerprint density at radius 2 is 2.11 bits per heavy atom. The van der Waals surface area contributed by atoms with Crippen LogP contribution in [0.15, 0.2) is 24.5 Å². The number of pyridine rings is 1. The molecular formula is C15H22N4. The Bertz CT molecular complexity index is 531. The van der Waals surface area contributed by atoms with Gasteiger partial charge in [-0.3, -0.25) is 9.67 Å². The molecule has 0 saturated carbocycles. The summed E-state index contributed by atoms with van der Waals surface area (Å²) in [4.78, 5) is 4.11. The fraction of sp³-hybridized carbons (Fsp3) is 0.467. The molecule has 0 unspecified atom stereocenters. The number of rotatable bonds is 6. The van der Waals surface area contributed by atoms with E-state index in [1.165, 1.54) is 22.5 Å². The Morgan fingerprint density at radius 1 is 1.26 bits per heavy atom. The Balaban J connectivity index is 1.96. The Labute approximate surface area is 114 Å². The topological polar surface area (TPSA) is 42.7 Å². The lowest BCUT2D eigenvalue weighted by atomic mass is 10.1. The number of aromatic nitrogens is 3. The second kappa shape index (κ2) is 6.48. The van der Waals surface area contributed by atoms with Crippen LogP contribution in [0.4, 0.5) is 0 Å². The fourth-order valence-corrected chi connectivity index (χ4v) is 2.13. The molecule has 2 rings (SSSR count). The van der Waals surface area contributed by atoms with Crippen LogP contribution in [0.5, 0.6) is 0 Å². The summed E-state index contributed by atoms with van der Waals surface area (Å²) in [5.74, 6) is 0. The molecule has 19 heavy (non-hydrogen) atoms. The summed E-state index contributed by atoms with van der Waals surface area (Å²) in [6.07, 6.45) is 4.74. The van der Waals surface area contributed by atoms with E-state index in [0.29, 0.717) is 0 Å². The predicted molar refractivity (Wildman–Crippen MR) is 76.8 cm³/mol. The minimum atomic E-state index is 0.850. The van der Waals surface area contributed by atoms with Crippen LogP contribution in [0, 0.1) is 6.92 Å². The minimum absolute atomic E-state index is 0.850. The SMILES string of the molecule is CCc1cc(CNCc2ccncc2C)n(CC)n1. The number of hydrogen-bond donors (Lipinski definition) is 1. The normalized spacial score (nSPS) is 10.9. The molecular weight excluding hydrogens is 236 g/mol. The van der Waals surface area contributed by atoms with E-state index in [1.54, 1.807) is 0 Å². The molecule has 0 amide bonds. The average molecular weight is 258 g/mol. The molecule has 4 nitrogen and oxygen atoms in total. The van der Waals surface area contributed by atoms with Crippen LogP contribution in [-0.2, 0) is 26.1 Å². The maximum absolute atomic E-state index is 4.56. The van der Waals surface area contributed by atoms with Gasteiger partial charge in [-0.15, -0.1) is 0 Å². The lowest BCUT2D eigenvalue weighted by molar-refractivity contribution is 0.577. The van der Waals surface area contributed by atoms with E-state index in [4.69, 9.17) is 0 Å². The van der Waals surface area contributed by atoms with Crippen molar-refractivity contribution in [1.82, 2.24) is 20.1 Å². The molecule has 0 aromatic carbocycles. The van der Waals surface area contributed by atoms with Crippen molar-refractivity contribution in [1.29, 1.82) is 0 Å². The zero-order chi connectivity index (χ0) is 13.7. The molecule has 0 aliphatic heterocycles. The minimum Gasteiger partial charge on any atom is -0.307 e. The van der Waals surface area contributed by atoms with Crippen molar-refractivity contribution in [3.8, 4) is 0 Å². The lowest BCUT2D eigenvalue weighted by Gasteiger charge is -2.08. The number of hydrogen-bond acceptors (Lipinski definition) is 3. The van der Waals surface area contributed by atoms with Gasteiger partial charge in [-0.1, -0.05) is 6.92 Å². The van der Waals surface area contributed by atoms with Gasteiger partial charge in [0.25, 0.3) is 0 Å². The summed E-state index contributed by atoms with van der Waals surface area (Å²) < 4.78 is 2.07. The van der Waals surface area contributed by atoms with Gasteiger partial charge < -0.3 is 5.32 Å². The van der Waals surface area contributed by atoms with Crippen LogP contribution in [-0.4, -0.2) is 14.8 Å². The number of nitrogens with one attached hydrogen (secondary N) is 1. The van der Waals surface area contributed by atoms with Crippen LogP contribution in [0.2, 0.25) is 0 Å². The van der Waals surface area contributed by atoms with E-state index in [9.17, 15) is 0 Å². The number of aryl methyl sites for hydroxylation is 3. The molecule has 0 aliphatic rings. The molecule has 2 aromatic rings. The van der Waals surface area contributed by atoms with Crippen molar-refractivity contribution in [2.75, 3.05) is 0 Å². The maximum atomic E-state index is 4.56. The second-order valence-corrected chi connectivity index (χ2v) is 4.70. The molecule has 0 saturated heterocycles. The van der Waals surface area contributed by atoms with E-state index in [1.807, 2.05) is 12.4 Å². The molecule has 0 radical (unpaired) electrons. The Hall–Kier alpha value is -1.68. The first-order valence-electron chi connectivity index (χ1n) is 6.90. The van der Waals surface area contributed by atoms with Crippen LogP contribution in [0.25, 0.3) is 0 Å². The Morgan fingerprint density at radius 3 is 2.79 bits per heavy atom. The molecule has 2 heterocycles. The van der Waals surface area contributed by atoms with E-state index >= 15 is 0 Å². The molecule has 0 bridgehead atoms. The largest absolute Gasteiger partial charge is 0.307 e. The van der Waals surface area contributed by atoms with Crippen molar-refractivity contribution in [2.45, 2.75) is 46.8 Å². The first-order chi connectivity index (χ1) is 9.24. The smallest absolute Gasteiger partial charge is 0.0625 e. The van der Waals surface area contributed by atoms with Gasteiger partial charge in [-0.05, 0) is 43.5 Å².